The van der Waals surface area contributed by atoms with Crippen LogP contribution in [0.15, 0.2) is 78.5 Å². The van der Waals surface area contributed by atoms with Crippen LogP contribution in [-0.4, -0.2) is 37.9 Å². The van der Waals surface area contributed by atoms with Gasteiger partial charge in [-0.2, -0.15) is 0 Å². The molecule has 0 saturated heterocycles. The molecule has 0 atom stereocenters. The van der Waals surface area contributed by atoms with Crippen LogP contribution in [0.5, 0.6) is 5.75 Å². The summed E-state index contributed by atoms with van der Waals surface area (Å²) >= 11 is 0. The Hall–Kier alpha value is -4.13. The molecule has 0 bridgehead atoms. The number of benzene rings is 3. The quantitative estimate of drug-likeness (QED) is 0.550. The van der Waals surface area contributed by atoms with E-state index in [4.69, 9.17) is 4.74 Å². The van der Waals surface area contributed by atoms with Crippen LogP contribution < -0.4 is 15.0 Å². The third-order valence-corrected chi connectivity index (χ3v) is 5.45. The maximum absolute atomic E-state index is 13.4. The molecule has 2 amide bonds. The van der Waals surface area contributed by atoms with Crippen molar-refractivity contribution >= 4 is 28.8 Å². The summed E-state index contributed by atoms with van der Waals surface area (Å²) in [7, 11) is 5.45. The second kappa shape index (κ2) is 9.16. The fourth-order valence-corrected chi connectivity index (χ4v) is 3.62. The fraction of sp³-hybridized carbons (Fsp3) is 0.154. The molecular weight excluding hydrogens is 421 g/mol. The lowest BCUT2D eigenvalue weighted by atomic mass is 10.0. The molecule has 0 spiro atoms. The Labute approximate surface area is 191 Å². The highest BCUT2D eigenvalue weighted by atomic mass is 19.1. The number of hydrogen-bond acceptors (Lipinski definition) is 5. The number of imide groups is 1. The van der Waals surface area contributed by atoms with Crippen LogP contribution in [0.2, 0.25) is 0 Å². The number of hydrogen-bond donors (Lipinski definition) is 1. The van der Waals surface area contributed by atoms with Crippen LogP contribution in [-0.2, 0) is 16.1 Å². The molecule has 0 unspecified atom stereocenters. The van der Waals surface area contributed by atoms with E-state index in [9.17, 15) is 14.0 Å². The second-order valence-corrected chi connectivity index (χ2v) is 7.87. The molecule has 3 aromatic rings. The van der Waals surface area contributed by atoms with Crippen molar-refractivity contribution in [2.45, 2.75) is 6.54 Å². The van der Waals surface area contributed by atoms with E-state index in [2.05, 4.69) is 5.32 Å². The van der Waals surface area contributed by atoms with E-state index in [0.29, 0.717) is 22.6 Å². The number of nitrogens with one attached hydrogen (secondary N) is 1. The zero-order valence-corrected chi connectivity index (χ0v) is 18.6. The molecule has 3 aromatic carbocycles. The third kappa shape index (κ3) is 4.57. The predicted octanol–water partition coefficient (Wildman–Crippen LogP) is 4.29. The first-order valence-electron chi connectivity index (χ1n) is 10.4. The van der Waals surface area contributed by atoms with Crippen molar-refractivity contribution in [3.8, 4) is 5.75 Å². The molecule has 6 nitrogen and oxygen atoms in total. The lowest BCUT2D eigenvalue weighted by Gasteiger charge is -2.16. The Bertz CT molecular complexity index is 1200. The number of carbonyl (C=O) groups excluding carboxylic acids is 2. The summed E-state index contributed by atoms with van der Waals surface area (Å²) in [5.41, 5.74) is 3.43. The van der Waals surface area contributed by atoms with Crippen molar-refractivity contribution in [3.05, 3.63) is 95.4 Å². The van der Waals surface area contributed by atoms with Crippen molar-refractivity contribution in [3.63, 3.8) is 0 Å². The predicted molar refractivity (Wildman–Crippen MR) is 126 cm³/mol. The molecular formula is C26H24FN3O3. The highest BCUT2D eigenvalue weighted by Crippen LogP contribution is 2.32. The first-order valence-corrected chi connectivity index (χ1v) is 10.4. The van der Waals surface area contributed by atoms with Gasteiger partial charge in [0.25, 0.3) is 11.8 Å². The summed E-state index contributed by atoms with van der Waals surface area (Å²) in [4.78, 5) is 29.9. The molecule has 0 aliphatic carbocycles. The first kappa shape index (κ1) is 22.1. The summed E-state index contributed by atoms with van der Waals surface area (Å²) in [6.45, 7) is 0.0440. The van der Waals surface area contributed by atoms with Gasteiger partial charge in [-0.1, -0.05) is 24.3 Å². The van der Waals surface area contributed by atoms with E-state index in [0.717, 1.165) is 5.69 Å². The van der Waals surface area contributed by atoms with Crippen LogP contribution in [0.4, 0.5) is 15.8 Å². The zero-order valence-electron chi connectivity index (χ0n) is 18.6. The Morgan fingerprint density at radius 1 is 0.879 bits per heavy atom. The van der Waals surface area contributed by atoms with E-state index in [1.54, 1.807) is 43.5 Å². The van der Waals surface area contributed by atoms with Crippen LogP contribution >= 0.6 is 0 Å². The number of halogens is 1. The minimum absolute atomic E-state index is 0.0440. The Morgan fingerprint density at radius 3 is 2.09 bits per heavy atom. The Morgan fingerprint density at radius 2 is 1.52 bits per heavy atom. The van der Waals surface area contributed by atoms with Crippen molar-refractivity contribution in [1.82, 2.24) is 4.90 Å². The van der Waals surface area contributed by atoms with Crippen LogP contribution in [0.3, 0.4) is 0 Å². The molecule has 0 aromatic heterocycles. The topological polar surface area (TPSA) is 61.9 Å². The highest BCUT2D eigenvalue weighted by Gasteiger charge is 2.39. The molecule has 0 saturated carbocycles. The van der Waals surface area contributed by atoms with Crippen LogP contribution in [0.1, 0.15) is 11.1 Å². The minimum atomic E-state index is -0.438. The van der Waals surface area contributed by atoms with E-state index in [1.165, 1.54) is 17.0 Å². The number of nitrogens with zero attached hydrogens (tertiary/aromatic N) is 2. The molecule has 1 aliphatic heterocycles. The van der Waals surface area contributed by atoms with Gasteiger partial charge in [0.1, 0.15) is 17.3 Å². The summed E-state index contributed by atoms with van der Waals surface area (Å²) in [5.74, 6) is -0.583. The van der Waals surface area contributed by atoms with Crippen molar-refractivity contribution in [1.29, 1.82) is 0 Å². The van der Waals surface area contributed by atoms with Crippen LogP contribution in [0.25, 0.3) is 5.57 Å². The Kier molecular flexibility index (Phi) is 6.13. The molecule has 33 heavy (non-hydrogen) atoms. The lowest BCUT2D eigenvalue weighted by molar-refractivity contribution is -0.137. The van der Waals surface area contributed by atoms with Gasteiger partial charge in [-0.05, 0) is 59.7 Å². The maximum atomic E-state index is 13.4. The average Bonchev–Trinajstić information content (AvgIpc) is 3.05. The largest absolute Gasteiger partial charge is 0.497 e. The lowest BCUT2D eigenvalue weighted by Crippen LogP contribution is -2.32. The first-order chi connectivity index (χ1) is 15.9. The van der Waals surface area contributed by atoms with Crippen molar-refractivity contribution in [2.24, 2.45) is 0 Å². The average molecular weight is 445 g/mol. The summed E-state index contributed by atoms with van der Waals surface area (Å²) in [6.07, 6.45) is 0. The van der Waals surface area contributed by atoms with Gasteiger partial charge in [-0.25, -0.2) is 4.39 Å². The van der Waals surface area contributed by atoms with Gasteiger partial charge in [-0.3, -0.25) is 14.5 Å². The molecule has 7 heteroatoms. The molecule has 1 N–H and O–H groups in total. The molecule has 168 valence electrons. The summed E-state index contributed by atoms with van der Waals surface area (Å²) in [5, 5.41) is 3.15. The number of amides is 2. The fourth-order valence-electron chi connectivity index (χ4n) is 3.62. The van der Waals surface area contributed by atoms with Gasteiger partial charge in [0, 0.05) is 25.5 Å². The van der Waals surface area contributed by atoms with Gasteiger partial charge < -0.3 is 15.0 Å². The number of carbonyl (C=O) groups is 2. The number of ether oxygens (including phenoxy) is 1. The molecule has 4 rings (SSSR count). The molecule has 0 radical (unpaired) electrons. The van der Waals surface area contributed by atoms with E-state index < -0.39 is 11.8 Å². The summed E-state index contributed by atoms with van der Waals surface area (Å²) < 4.78 is 18.5. The SMILES string of the molecule is COc1ccc(C2=C(Nc3ccc(N(C)C)cc3)C(=O)N(Cc3ccc(F)cc3)C2=O)cc1. The van der Waals surface area contributed by atoms with E-state index >= 15 is 0 Å². The Balaban J connectivity index is 1.70. The maximum Gasteiger partial charge on any atom is 0.278 e. The normalized spacial score (nSPS) is 13.5. The molecule has 1 heterocycles. The van der Waals surface area contributed by atoms with Gasteiger partial charge in [0.15, 0.2) is 0 Å². The van der Waals surface area contributed by atoms with Gasteiger partial charge in [0.05, 0.1) is 19.2 Å². The van der Waals surface area contributed by atoms with E-state index in [-0.39, 0.29) is 23.6 Å². The number of rotatable bonds is 7. The number of anilines is 2. The molecule has 0 fully saturated rings. The third-order valence-electron chi connectivity index (χ3n) is 5.45. The summed E-state index contributed by atoms with van der Waals surface area (Å²) in [6, 6.07) is 20.3. The van der Waals surface area contributed by atoms with Crippen molar-refractivity contribution in [2.75, 3.05) is 31.4 Å². The standard InChI is InChI=1S/C26H24FN3O3/c1-29(2)21-12-10-20(11-13-21)28-24-23(18-6-14-22(33-3)15-7-18)25(31)30(26(24)32)16-17-4-8-19(27)9-5-17/h4-15,28H,16H2,1-3H3. The van der Waals surface area contributed by atoms with Crippen LogP contribution in [0, 0.1) is 5.82 Å². The van der Waals surface area contributed by atoms with Crippen molar-refractivity contribution < 1.29 is 18.7 Å². The zero-order chi connectivity index (χ0) is 23.5. The van der Waals surface area contributed by atoms with Gasteiger partial charge in [-0.15, -0.1) is 0 Å². The highest BCUT2D eigenvalue weighted by molar-refractivity contribution is 6.36. The number of methoxy groups -OCH3 is 1. The molecule has 1 aliphatic rings. The smallest absolute Gasteiger partial charge is 0.278 e. The second-order valence-electron chi connectivity index (χ2n) is 7.87. The van der Waals surface area contributed by atoms with Gasteiger partial charge in [0.2, 0.25) is 0 Å². The van der Waals surface area contributed by atoms with E-state index in [1.807, 2.05) is 43.3 Å². The minimum Gasteiger partial charge on any atom is -0.497 e. The van der Waals surface area contributed by atoms with Gasteiger partial charge >= 0.3 is 0 Å². The monoisotopic (exact) mass is 445 g/mol.